The molecular formula is C12H9Cl2N3O. The highest BCUT2D eigenvalue weighted by molar-refractivity contribution is 6.34. The summed E-state index contributed by atoms with van der Waals surface area (Å²) < 4.78 is 0. The van der Waals surface area contributed by atoms with E-state index in [0.717, 1.165) is 5.56 Å². The van der Waals surface area contributed by atoms with Gasteiger partial charge < -0.3 is 5.73 Å². The van der Waals surface area contributed by atoms with Gasteiger partial charge in [0.1, 0.15) is 16.6 Å². The maximum Gasteiger partial charge on any atom is 0.248 e. The molecule has 2 N–H and O–H groups in total. The molecule has 92 valence electrons. The lowest BCUT2D eigenvalue weighted by molar-refractivity contribution is 0.0999. The van der Waals surface area contributed by atoms with Crippen molar-refractivity contribution in [3.63, 3.8) is 0 Å². The fraction of sp³-hybridized carbons (Fsp3) is 0.0833. The molecule has 0 spiro atoms. The molecule has 0 aliphatic carbocycles. The van der Waals surface area contributed by atoms with E-state index in [-0.39, 0.29) is 10.3 Å². The van der Waals surface area contributed by atoms with Gasteiger partial charge in [0, 0.05) is 17.5 Å². The van der Waals surface area contributed by atoms with Crippen LogP contribution >= 0.6 is 23.2 Å². The molecule has 0 saturated heterocycles. The van der Waals surface area contributed by atoms with Crippen molar-refractivity contribution in [2.45, 2.75) is 6.42 Å². The number of nitrogens with zero attached hydrogens (tertiary/aromatic N) is 2. The van der Waals surface area contributed by atoms with Gasteiger partial charge in [-0.15, -0.1) is 0 Å². The van der Waals surface area contributed by atoms with E-state index in [1.54, 1.807) is 18.2 Å². The standard InChI is InChI=1S/C12H9Cl2N3O/c13-10-9(11(14)17-6-16-10)5-7-3-1-2-4-8(7)12(15)18/h1-4,6H,5H2,(H2,15,18). The minimum atomic E-state index is -0.491. The monoisotopic (exact) mass is 281 g/mol. The topological polar surface area (TPSA) is 68.9 Å². The Balaban J connectivity index is 2.43. The number of amides is 1. The number of rotatable bonds is 3. The Morgan fingerprint density at radius 1 is 1.17 bits per heavy atom. The first-order chi connectivity index (χ1) is 8.59. The van der Waals surface area contributed by atoms with E-state index in [2.05, 4.69) is 9.97 Å². The molecule has 0 saturated carbocycles. The van der Waals surface area contributed by atoms with Crippen LogP contribution in [-0.2, 0) is 6.42 Å². The fourth-order valence-corrected chi connectivity index (χ4v) is 2.07. The summed E-state index contributed by atoms with van der Waals surface area (Å²) >= 11 is 11.9. The summed E-state index contributed by atoms with van der Waals surface area (Å²) in [6, 6.07) is 7.00. The summed E-state index contributed by atoms with van der Waals surface area (Å²) in [6.07, 6.45) is 1.64. The Labute approximate surface area is 114 Å². The molecule has 0 bridgehead atoms. The zero-order valence-corrected chi connectivity index (χ0v) is 10.7. The normalized spacial score (nSPS) is 10.3. The second kappa shape index (κ2) is 5.33. The predicted octanol–water partition coefficient (Wildman–Crippen LogP) is 2.47. The summed E-state index contributed by atoms with van der Waals surface area (Å²) in [4.78, 5) is 19.0. The smallest absolute Gasteiger partial charge is 0.248 e. The van der Waals surface area contributed by atoms with Crippen LogP contribution in [0.5, 0.6) is 0 Å². The highest BCUT2D eigenvalue weighted by Crippen LogP contribution is 2.24. The third kappa shape index (κ3) is 2.60. The van der Waals surface area contributed by atoms with Crippen LogP contribution in [0.15, 0.2) is 30.6 Å². The highest BCUT2D eigenvalue weighted by atomic mass is 35.5. The van der Waals surface area contributed by atoms with Crippen LogP contribution in [0.1, 0.15) is 21.5 Å². The number of nitrogens with two attached hydrogens (primary N) is 1. The van der Waals surface area contributed by atoms with Gasteiger partial charge in [-0.1, -0.05) is 41.4 Å². The number of primary amides is 1. The van der Waals surface area contributed by atoms with Crippen molar-refractivity contribution in [2.75, 3.05) is 0 Å². The minimum absolute atomic E-state index is 0.272. The number of aromatic nitrogens is 2. The second-order valence-corrected chi connectivity index (χ2v) is 4.35. The molecule has 2 aromatic rings. The van der Waals surface area contributed by atoms with Crippen LogP contribution in [0.25, 0.3) is 0 Å². The number of hydrogen-bond donors (Lipinski definition) is 1. The molecule has 2 rings (SSSR count). The van der Waals surface area contributed by atoms with Gasteiger partial charge in [-0.25, -0.2) is 9.97 Å². The van der Waals surface area contributed by atoms with Gasteiger partial charge in [-0.2, -0.15) is 0 Å². The molecule has 4 nitrogen and oxygen atoms in total. The van der Waals surface area contributed by atoms with Gasteiger partial charge in [0.25, 0.3) is 0 Å². The van der Waals surface area contributed by atoms with Crippen molar-refractivity contribution >= 4 is 29.1 Å². The van der Waals surface area contributed by atoms with Crippen LogP contribution in [0, 0.1) is 0 Å². The first-order valence-electron chi connectivity index (χ1n) is 5.12. The lowest BCUT2D eigenvalue weighted by Gasteiger charge is -2.08. The van der Waals surface area contributed by atoms with Crippen LogP contribution in [0.2, 0.25) is 10.3 Å². The average Bonchev–Trinajstić information content (AvgIpc) is 2.34. The van der Waals surface area contributed by atoms with Crippen molar-refractivity contribution < 1.29 is 4.79 Å². The third-order valence-corrected chi connectivity index (χ3v) is 3.14. The molecule has 18 heavy (non-hydrogen) atoms. The van der Waals surface area contributed by atoms with E-state index in [0.29, 0.717) is 17.5 Å². The third-order valence-electron chi connectivity index (χ3n) is 2.49. The van der Waals surface area contributed by atoms with E-state index in [1.165, 1.54) is 6.33 Å². The molecule has 0 radical (unpaired) electrons. The Kier molecular flexibility index (Phi) is 3.79. The Morgan fingerprint density at radius 2 is 1.78 bits per heavy atom. The maximum absolute atomic E-state index is 11.3. The van der Waals surface area contributed by atoms with E-state index in [1.807, 2.05) is 6.07 Å². The van der Waals surface area contributed by atoms with E-state index < -0.39 is 5.91 Å². The quantitative estimate of drug-likeness (QED) is 0.879. The van der Waals surface area contributed by atoms with Crippen molar-refractivity contribution in [1.29, 1.82) is 0 Å². The summed E-state index contributed by atoms with van der Waals surface area (Å²) in [6.45, 7) is 0. The van der Waals surface area contributed by atoms with E-state index >= 15 is 0 Å². The molecule has 1 aromatic carbocycles. The molecule has 1 amide bonds. The average molecular weight is 282 g/mol. The highest BCUT2D eigenvalue weighted by Gasteiger charge is 2.13. The van der Waals surface area contributed by atoms with Crippen LogP contribution in [-0.4, -0.2) is 15.9 Å². The van der Waals surface area contributed by atoms with E-state index in [9.17, 15) is 4.79 Å². The molecule has 1 heterocycles. The zero-order chi connectivity index (χ0) is 13.1. The Hall–Kier alpha value is -1.65. The number of benzene rings is 1. The van der Waals surface area contributed by atoms with Crippen molar-refractivity contribution in [3.05, 3.63) is 57.6 Å². The maximum atomic E-state index is 11.3. The molecule has 1 aromatic heterocycles. The van der Waals surface area contributed by atoms with Gasteiger partial charge in [-0.3, -0.25) is 4.79 Å². The molecule has 0 unspecified atom stereocenters. The van der Waals surface area contributed by atoms with Crippen molar-refractivity contribution in [1.82, 2.24) is 9.97 Å². The molecule has 6 heteroatoms. The van der Waals surface area contributed by atoms with Gasteiger partial charge >= 0.3 is 0 Å². The number of hydrogen-bond acceptors (Lipinski definition) is 3. The lowest BCUT2D eigenvalue weighted by Crippen LogP contribution is -2.14. The molecule has 0 aliphatic heterocycles. The molecule has 0 atom stereocenters. The summed E-state index contributed by atoms with van der Waals surface area (Å²) in [5.74, 6) is -0.491. The summed E-state index contributed by atoms with van der Waals surface area (Å²) in [7, 11) is 0. The van der Waals surface area contributed by atoms with Gasteiger partial charge in [0.05, 0.1) is 0 Å². The first kappa shape index (κ1) is 12.8. The largest absolute Gasteiger partial charge is 0.366 e. The summed E-state index contributed by atoms with van der Waals surface area (Å²) in [5.41, 5.74) is 7.06. The van der Waals surface area contributed by atoms with E-state index in [4.69, 9.17) is 28.9 Å². The molecule has 0 fully saturated rings. The predicted molar refractivity (Wildman–Crippen MR) is 69.8 cm³/mol. The van der Waals surface area contributed by atoms with Crippen LogP contribution < -0.4 is 5.73 Å². The lowest BCUT2D eigenvalue weighted by atomic mass is 10.0. The number of halogens is 2. The Bertz CT molecular complexity index is 581. The van der Waals surface area contributed by atoms with Gasteiger partial charge in [0.15, 0.2) is 0 Å². The fourth-order valence-electron chi connectivity index (χ4n) is 1.62. The number of carbonyl (C=O) groups is 1. The number of carbonyl (C=O) groups excluding carboxylic acids is 1. The summed E-state index contributed by atoms with van der Waals surface area (Å²) in [5, 5.41) is 0.545. The molecule has 0 aliphatic rings. The second-order valence-electron chi connectivity index (χ2n) is 3.63. The van der Waals surface area contributed by atoms with Gasteiger partial charge in [0.2, 0.25) is 5.91 Å². The Morgan fingerprint density at radius 3 is 2.39 bits per heavy atom. The zero-order valence-electron chi connectivity index (χ0n) is 9.23. The van der Waals surface area contributed by atoms with Crippen molar-refractivity contribution in [3.8, 4) is 0 Å². The molecular weight excluding hydrogens is 273 g/mol. The first-order valence-corrected chi connectivity index (χ1v) is 5.87. The SMILES string of the molecule is NC(=O)c1ccccc1Cc1c(Cl)ncnc1Cl. The van der Waals surface area contributed by atoms with Crippen LogP contribution in [0.3, 0.4) is 0 Å². The van der Waals surface area contributed by atoms with Crippen LogP contribution in [0.4, 0.5) is 0 Å². The van der Waals surface area contributed by atoms with Crippen molar-refractivity contribution in [2.24, 2.45) is 5.73 Å². The minimum Gasteiger partial charge on any atom is -0.366 e. The van der Waals surface area contributed by atoms with Gasteiger partial charge in [-0.05, 0) is 11.6 Å².